The van der Waals surface area contributed by atoms with Crippen molar-refractivity contribution in [3.05, 3.63) is 47.2 Å². The molecule has 0 atom stereocenters. The zero-order valence-corrected chi connectivity index (χ0v) is 14.6. The van der Waals surface area contributed by atoms with Gasteiger partial charge in [-0.05, 0) is 25.0 Å². The largest absolute Gasteiger partial charge is 0.425 e. The summed E-state index contributed by atoms with van der Waals surface area (Å²) in [7, 11) is 0. The number of amides is 1. The molecule has 1 saturated heterocycles. The van der Waals surface area contributed by atoms with E-state index in [2.05, 4.69) is 10.2 Å². The third kappa shape index (κ3) is 3.73. The minimum Gasteiger partial charge on any atom is -0.425 e. The smallest absolute Gasteiger partial charge is 0.417 e. The van der Waals surface area contributed by atoms with Crippen LogP contribution in [0.2, 0.25) is 0 Å². The number of hydrogen-bond acceptors (Lipinski definition) is 4. The first-order valence-corrected chi connectivity index (χ1v) is 8.56. The van der Waals surface area contributed by atoms with Crippen LogP contribution in [0.3, 0.4) is 0 Å². The third-order valence-corrected chi connectivity index (χ3v) is 4.54. The highest BCUT2D eigenvalue weighted by Crippen LogP contribution is 2.34. The Morgan fingerprint density at radius 1 is 1.19 bits per heavy atom. The van der Waals surface area contributed by atoms with E-state index in [1.807, 2.05) is 13.8 Å². The molecule has 0 saturated carbocycles. The quantitative estimate of drug-likeness (QED) is 0.815. The fourth-order valence-electron chi connectivity index (χ4n) is 3.06. The highest BCUT2D eigenvalue weighted by molar-refractivity contribution is 5.96. The van der Waals surface area contributed by atoms with Gasteiger partial charge in [-0.15, -0.1) is 10.2 Å². The molecule has 0 unspecified atom stereocenters. The summed E-state index contributed by atoms with van der Waals surface area (Å²) in [5.74, 6) is 0.674. The summed E-state index contributed by atoms with van der Waals surface area (Å²) in [5, 5.41) is 8.08. The summed E-state index contributed by atoms with van der Waals surface area (Å²) in [6.45, 7) is 4.62. The molecule has 5 nitrogen and oxygen atoms in total. The molecule has 3 rings (SSSR count). The van der Waals surface area contributed by atoms with Crippen molar-refractivity contribution < 1.29 is 22.4 Å². The van der Waals surface area contributed by atoms with Gasteiger partial charge in [-0.2, -0.15) is 13.2 Å². The zero-order chi connectivity index (χ0) is 18.9. The average molecular weight is 367 g/mol. The number of nitrogens with zero attached hydrogens (tertiary/aromatic N) is 3. The number of carbonyl (C=O) groups excluding carboxylic acids is 1. The van der Waals surface area contributed by atoms with Crippen molar-refractivity contribution >= 4 is 5.91 Å². The van der Waals surface area contributed by atoms with Gasteiger partial charge in [0, 0.05) is 24.9 Å². The van der Waals surface area contributed by atoms with E-state index in [0.29, 0.717) is 37.7 Å². The molecule has 26 heavy (non-hydrogen) atoms. The van der Waals surface area contributed by atoms with Gasteiger partial charge in [0.1, 0.15) is 0 Å². The number of halogens is 3. The fourth-order valence-corrected chi connectivity index (χ4v) is 3.06. The van der Waals surface area contributed by atoms with Crippen molar-refractivity contribution in [2.75, 3.05) is 13.1 Å². The lowest BCUT2D eigenvalue weighted by Crippen LogP contribution is -2.38. The minimum atomic E-state index is -4.55. The molecular formula is C18H20F3N3O2. The van der Waals surface area contributed by atoms with Crippen LogP contribution >= 0.6 is 0 Å². The third-order valence-electron chi connectivity index (χ3n) is 4.54. The number of alkyl halides is 3. The molecule has 2 aromatic rings. The Hall–Kier alpha value is -2.38. The Morgan fingerprint density at radius 2 is 1.85 bits per heavy atom. The van der Waals surface area contributed by atoms with Crippen LogP contribution in [0.1, 0.15) is 66.2 Å². The van der Waals surface area contributed by atoms with Crippen LogP contribution in [-0.4, -0.2) is 34.1 Å². The van der Waals surface area contributed by atoms with Crippen molar-refractivity contribution in [2.45, 2.75) is 44.7 Å². The maximum absolute atomic E-state index is 13.1. The number of piperidine rings is 1. The summed E-state index contributed by atoms with van der Waals surface area (Å²) in [6, 6.07) is 4.89. The highest BCUT2D eigenvalue weighted by Gasteiger charge is 2.37. The average Bonchev–Trinajstić information content (AvgIpc) is 3.11. The number of carbonyl (C=O) groups is 1. The monoisotopic (exact) mass is 367 g/mol. The first-order valence-electron chi connectivity index (χ1n) is 8.56. The van der Waals surface area contributed by atoms with E-state index in [-0.39, 0.29) is 17.4 Å². The highest BCUT2D eigenvalue weighted by atomic mass is 19.4. The van der Waals surface area contributed by atoms with Crippen LogP contribution in [0, 0.1) is 0 Å². The van der Waals surface area contributed by atoms with Crippen LogP contribution in [0.15, 0.2) is 28.7 Å². The van der Waals surface area contributed by atoms with Gasteiger partial charge in [-0.25, -0.2) is 0 Å². The summed E-state index contributed by atoms with van der Waals surface area (Å²) < 4.78 is 45.0. The SMILES string of the molecule is CC(C)c1nnc(C2CCN(C(=O)c3ccccc3C(F)(F)F)CC2)o1. The lowest BCUT2D eigenvalue weighted by Gasteiger charge is -2.31. The molecule has 0 aliphatic carbocycles. The van der Waals surface area contributed by atoms with Gasteiger partial charge in [-0.1, -0.05) is 26.0 Å². The number of rotatable bonds is 3. The number of hydrogen-bond donors (Lipinski definition) is 0. The predicted molar refractivity (Wildman–Crippen MR) is 87.7 cm³/mol. The molecule has 1 aliphatic rings. The van der Waals surface area contributed by atoms with E-state index < -0.39 is 17.6 Å². The van der Waals surface area contributed by atoms with E-state index >= 15 is 0 Å². The maximum atomic E-state index is 13.1. The number of aromatic nitrogens is 2. The Morgan fingerprint density at radius 3 is 2.42 bits per heavy atom. The second-order valence-electron chi connectivity index (χ2n) is 6.74. The molecule has 1 aliphatic heterocycles. The lowest BCUT2D eigenvalue weighted by molar-refractivity contribution is -0.138. The Bertz CT molecular complexity index is 778. The van der Waals surface area contributed by atoms with Gasteiger partial charge in [0.05, 0.1) is 11.1 Å². The molecule has 0 spiro atoms. The molecule has 1 aromatic heterocycles. The standard InChI is InChI=1S/C18H20F3N3O2/c1-11(2)15-22-23-16(26-15)12-7-9-24(10-8-12)17(25)13-5-3-4-6-14(13)18(19,20)21/h3-6,11-12H,7-10H2,1-2H3. The van der Waals surface area contributed by atoms with Gasteiger partial charge < -0.3 is 9.32 Å². The predicted octanol–water partition coefficient (Wildman–Crippen LogP) is 4.23. The Balaban J connectivity index is 1.69. The van der Waals surface area contributed by atoms with Crippen LogP contribution in [0.25, 0.3) is 0 Å². The van der Waals surface area contributed by atoms with Crippen LogP contribution in [0.5, 0.6) is 0 Å². The zero-order valence-electron chi connectivity index (χ0n) is 14.6. The summed E-state index contributed by atoms with van der Waals surface area (Å²) >= 11 is 0. The molecule has 1 aromatic carbocycles. The number of benzene rings is 1. The first kappa shape index (κ1) is 18.4. The Kier molecular flexibility index (Phi) is 5.02. The van der Waals surface area contributed by atoms with Crippen LogP contribution in [0.4, 0.5) is 13.2 Å². The van der Waals surface area contributed by atoms with Crippen molar-refractivity contribution in [1.82, 2.24) is 15.1 Å². The molecule has 0 bridgehead atoms. The normalized spacial score (nSPS) is 16.3. The van der Waals surface area contributed by atoms with Crippen LogP contribution in [-0.2, 0) is 6.18 Å². The van der Waals surface area contributed by atoms with E-state index in [4.69, 9.17) is 4.42 Å². The van der Waals surface area contributed by atoms with Crippen LogP contribution < -0.4 is 0 Å². The molecule has 1 amide bonds. The van der Waals surface area contributed by atoms with Crippen molar-refractivity contribution in [3.63, 3.8) is 0 Å². The van der Waals surface area contributed by atoms with Gasteiger partial charge in [-0.3, -0.25) is 4.79 Å². The second kappa shape index (κ2) is 7.09. The minimum absolute atomic E-state index is 0.0249. The molecule has 0 N–H and O–H groups in total. The molecule has 8 heteroatoms. The summed E-state index contributed by atoms with van der Waals surface area (Å²) in [4.78, 5) is 14.0. The molecule has 140 valence electrons. The van der Waals surface area contributed by atoms with E-state index in [0.717, 1.165) is 6.07 Å². The molecule has 0 radical (unpaired) electrons. The van der Waals surface area contributed by atoms with E-state index in [1.54, 1.807) is 0 Å². The summed E-state index contributed by atoms with van der Waals surface area (Å²) in [6.07, 6.45) is -3.39. The van der Waals surface area contributed by atoms with Crippen molar-refractivity contribution in [1.29, 1.82) is 0 Å². The van der Waals surface area contributed by atoms with E-state index in [9.17, 15) is 18.0 Å². The maximum Gasteiger partial charge on any atom is 0.417 e. The van der Waals surface area contributed by atoms with Gasteiger partial charge >= 0.3 is 6.18 Å². The molecule has 2 heterocycles. The first-order chi connectivity index (χ1) is 12.3. The van der Waals surface area contributed by atoms with Crippen molar-refractivity contribution in [2.24, 2.45) is 0 Å². The fraction of sp³-hybridized carbons (Fsp3) is 0.500. The summed E-state index contributed by atoms with van der Waals surface area (Å²) in [5.41, 5.74) is -1.20. The lowest BCUT2D eigenvalue weighted by atomic mass is 9.95. The molecule has 1 fully saturated rings. The van der Waals surface area contributed by atoms with Gasteiger partial charge in [0.2, 0.25) is 11.8 Å². The second-order valence-corrected chi connectivity index (χ2v) is 6.74. The van der Waals surface area contributed by atoms with Crippen molar-refractivity contribution in [3.8, 4) is 0 Å². The topological polar surface area (TPSA) is 59.2 Å². The number of likely N-dealkylation sites (tertiary alicyclic amines) is 1. The van der Waals surface area contributed by atoms with Gasteiger partial charge in [0.25, 0.3) is 5.91 Å². The van der Waals surface area contributed by atoms with Gasteiger partial charge in [0.15, 0.2) is 0 Å². The van der Waals surface area contributed by atoms with E-state index in [1.165, 1.54) is 23.1 Å². The Labute approximate surface area is 149 Å². The molecular weight excluding hydrogens is 347 g/mol.